The Morgan fingerprint density at radius 2 is 1.89 bits per heavy atom. The zero-order chi connectivity index (χ0) is 14.8. The number of rotatable bonds is 8. The van der Waals surface area contributed by atoms with E-state index in [-0.39, 0.29) is 11.8 Å². The summed E-state index contributed by atoms with van der Waals surface area (Å²) in [6.07, 6.45) is 8.99. The van der Waals surface area contributed by atoms with E-state index in [9.17, 15) is 4.79 Å². The van der Waals surface area contributed by atoms with Crippen LogP contribution < -0.4 is 0 Å². The molecule has 0 aromatic carbocycles. The number of carbonyl (C=O) groups excluding carboxylic acids is 1. The minimum atomic E-state index is 0.0670. The van der Waals surface area contributed by atoms with Crippen molar-refractivity contribution in [2.24, 2.45) is 5.92 Å². The molecule has 1 unspecified atom stereocenters. The molecule has 0 aliphatic heterocycles. The molecule has 0 aliphatic rings. The maximum absolute atomic E-state index is 12.0. The molecule has 2 nitrogen and oxygen atoms in total. The Kier molecular flexibility index (Phi) is 8.94. The van der Waals surface area contributed by atoms with Crippen LogP contribution in [0.3, 0.4) is 0 Å². The lowest BCUT2D eigenvalue weighted by Gasteiger charge is -2.20. The molecule has 0 aromatic rings. The van der Waals surface area contributed by atoms with Crippen molar-refractivity contribution >= 4 is 5.91 Å². The van der Waals surface area contributed by atoms with Crippen molar-refractivity contribution < 1.29 is 4.79 Å². The maximum atomic E-state index is 12.0. The molecule has 0 spiro atoms. The van der Waals surface area contributed by atoms with Gasteiger partial charge in [-0.3, -0.25) is 4.79 Å². The fraction of sp³-hybridized carbons (Fsp3) is 0.588. The van der Waals surface area contributed by atoms with Crippen molar-refractivity contribution in [1.82, 2.24) is 4.90 Å². The quantitative estimate of drug-likeness (QED) is 0.581. The van der Waals surface area contributed by atoms with Gasteiger partial charge in [-0.2, -0.15) is 0 Å². The number of hydrogen-bond acceptors (Lipinski definition) is 1. The Morgan fingerprint density at radius 1 is 1.26 bits per heavy atom. The van der Waals surface area contributed by atoms with E-state index in [1.165, 1.54) is 11.1 Å². The van der Waals surface area contributed by atoms with Gasteiger partial charge in [-0.25, -0.2) is 0 Å². The van der Waals surface area contributed by atoms with Crippen LogP contribution in [0.5, 0.6) is 0 Å². The minimum absolute atomic E-state index is 0.0670. The average Bonchev–Trinajstić information content (AvgIpc) is 2.37. The van der Waals surface area contributed by atoms with Gasteiger partial charge in [0.2, 0.25) is 5.91 Å². The van der Waals surface area contributed by atoms with Gasteiger partial charge in [0.05, 0.1) is 0 Å². The fourth-order valence-electron chi connectivity index (χ4n) is 1.66. The highest BCUT2D eigenvalue weighted by Crippen LogP contribution is 2.10. The van der Waals surface area contributed by atoms with Crippen molar-refractivity contribution in [1.29, 1.82) is 0 Å². The normalized spacial score (nSPS) is 12.8. The number of amides is 1. The molecule has 0 fully saturated rings. The lowest BCUT2D eigenvalue weighted by molar-refractivity contribution is -0.131. The van der Waals surface area contributed by atoms with Crippen LogP contribution in [0.1, 0.15) is 53.9 Å². The Labute approximate surface area is 118 Å². The standard InChI is InChI=1S/C17H29NO/c1-7-16(6)17(19)18(8-2)13-12-15(5)11-9-10-14(3)4/h8,10,12,16H,2,7,9,11,13H2,1,3-6H3. The van der Waals surface area contributed by atoms with Crippen molar-refractivity contribution in [2.75, 3.05) is 6.54 Å². The number of allylic oxidation sites excluding steroid dienone is 3. The first-order valence-corrected chi connectivity index (χ1v) is 7.14. The summed E-state index contributed by atoms with van der Waals surface area (Å²) >= 11 is 0. The summed E-state index contributed by atoms with van der Waals surface area (Å²) in [5, 5.41) is 0. The average molecular weight is 263 g/mol. The summed E-state index contributed by atoms with van der Waals surface area (Å²) in [7, 11) is 0. The zero-order valence-electron chi connectivity index (χ0n) is 13.2. The first kappa shape index (κ1) is 17.7. The lowest BCUT2D eigenvalue weighted by Crippen LogP contribution is -2.30. The molecule has 1 amide bonds. The Morgan fingerprint density at radius 3 is 2.37 bits per heavy atom. The van der Waals surface area contributed by atoms with E-state index in [1.54, 1.807) is 11.1 Å². The predicted molar refractivity (Wildman–Crippen MR) is 83.8 cm³/mol. The van der Waals surface area contributed by atoms with Gasteiger partial charge in [0.25, 0.3) is 0 Å². The highest BCUT2D eigenvalue weighted by molar-refractivity contribution is 5.79. The second-order valence-electron chi connectivity index (χ2n) is 5.35. The Hall–Kier alpha value is -1.31. The molecular formula is C17H29NO. The lowest BCUT2D eigenvalue weighted by atomic mass is 10.1. The molecule has 108 valence electrons. The van der Waals surface area contributed by atoms with E-state index in [2.05, 4.69) is 39.5 Å². The summed E-state index contributed by atoms with van der Waals surface area (Å²) in [4.78, 5) is 13.7. The first-order valence-electron chi connectivity index (χ1n) is 7.14. The van der Waals surface area contributed by atoms with E-state index in [0.717, 1.165) is 19.3 Å². The van der Waals surface area contributed by atoms with Gasteiger partial charge in [0.1, 0.15) is 0 Å². The topological polar surface area (TPSA) is 20.3 Å². The van der Waals surface area contributed by atoms with E-state index in [1.807, 2.05) is 13.8 Å². The van der Waals surface area contributed by atoms with Crippen LogP contribution in [-0.2, 0) is 4.79 Å². The highest BCUT2D eigenvalue weighted by Gasteiger charge is 2.15. The summed E-state index contributed by atoms with van der Waals surface area (Å²) in [6.45, 7) is 14.7. The molecule has 0 heterocycles. The molecule has 0 saturated carbocycles. The van der Waals surface area contributed by atoms with Crippen molar-refractivity contribution in [2.45, 2.75) is 53.9 Å². The largest absolute Gasteiger partial charge is 0.316 e. The number of carbonyl (C=O) groups is 1. The summed E-state index contributed by atoms with van der Waals surface area (Å²) in [5.41, 5.74) is 2.67. The Bertz CT molecular complexity index is 348. The molecule has 0 rings (SSSR count). The number of nitrogens with zero attached hydrogens (tertiary/aromatic N) is 1. The SMILES string of the molecule is C=CN(CC=C(C)CCC=C(C)C)C(=O)C(C)CC. The van der Waals surface area contributed by atoms with E-state index < -0.39 is 0 Å². The van der Waals surface area contributed by atoms with Gasteiger partial charge in [-0.1, -0.05) is 43.7 Å². The molecule has 0 aliphatic carbocycles. The van der Waals surface area contributed by atoms with Crippen molar-refractivity contribution in [3.8, 4) is 0 Å². The smallest absolute Gasteiger partial charge is 0.229 e. The summed E-state index contributed by atoms with van der Waals surface area (Å²) in [5.74, 6) is 0.225. The molecule has 0 bridgehead atoms. The molecule has 2 heteroatoms. The highest BCUT2D eigenvalue weighted by atomic mass is 16.2. The van der Waals surface area contributed by atoms with Gasteiger partial charge in [0.15, 0.2) is 0 Å². The second-order valence-corrected chi connectivity index (χ2v) is 5.35. The van der Waals surface area contributed by atoms with Gasteiger partial charge >= 0.3 is 0 Å². The van der Waals surface area contributed by atoms with Crippen LogP contribution in [0.15, 0.2) is 36.1 Å². The van der Waals surface area contributed by atoms with Crippen LogP contribution in [-0.4, -0.2) is 17.4 Å². The van der Waals surface area contributed by atoms with Gasteiger partial charge in [0, 0.05) is 12.5 Å². The third kappa shape index (κ3) is 7.66. The molecule has 19 heavy (non-hydrogen) atoms. The number of hydrogen-bond donors (Lipinski definition) is 0. The third-order valence-electron chi connectivity index (χ3n) is 3.27. The van der Waals surface area contributed by atoms with Crippen LogP contribution in [0, 0.1) is 5.92 Å². The second kappa shape index (κ2) is 9.60. The molecule has 1 atom stereocenters. The zero-order valence-corrected chi connectivity index (χ0v) is 13.2. The Balaban J connectivity index is 4.36. The van der Waals surface area contributed by atoms with Gasteiger partial charge < -0.3 is 4.90 Å². The van der Waals surface area contributed by atoms with E-state index >= 15 is 0 Å². The van der Waals surface area contributed by atoms with Gasteiger partial charge in [-0.05, 0) is 46.2 Å². The molecule has 0 radical (unpaired) electrons. The van der Waals surface area contributed by atoms with Gasteiger partial charge in [-0.15, -0.1) is 0 Å². The van der Waals surface area contributed by atoms with Crippen LogP contribution >= 0.6 is 0 Å². The van der Waals surface area contributed by atoms with Crippen LogP contribution in [0.2, 0.25) is 0 Å². The maximum Gasteiger partial charge on any atom is 0.229 e. The van der Waals surface area contributed by atoms with E-state index in [0.29, 0.717) is 6.54 Å². The molecular weight excluding hydrogens is 234 g/mol. The van der Waals surface area contributed by atoms with Crippen molar-refractivity contribution in [3.63, 3.8) is 0 Å². The minimum Gasteiger partial charge on any atom is -0.316 e. The van der Waals surface area contributed by atoms with E-state index in [4.69, 9.17) is 0 Å². The first-order chi connectivity index (χ1) is 8.92. The van der Waals surface area contributed by atoms with Crippen LogP contribution in [0.25, 0.3) is 0 Å². The monoisotopic (exact) mass is 263 g/mol. The molecule has 0 saturated heterocycles. The summed E-state index contributed by atoms with van der Waals surface area (Å²) in [6, 6.07) is 0. The molecule has 0 aromatic heterocycles. The van der Waals surface area contributed by atoms with Crippen LogP contribution in [0.4, 0.5) is 0 Å². The van der Waals surface area contributed by atoms with Crippen molar-refractivity contribution in [3.05, 3.63) is 36.1 Å². The summed E-state index contributed by atoms with van der Waals surface area (Å²) < 4.78 is 0. The fourth-order valence-corrected chi connectivity index (χ4v) is 1.66. The predicted octanol–water partition coefficient (Wildman–Crippen LogP) is 4.70. The molecule has 0 N–H and O–H groups in total. The third-order valence-corrected chi connectivity index (χ3v) is 3.27.